The topological polar surface area (TPSA) is 66.5 Å². The van der Waals surface area contributed by atoms with Gasteiger partial charge in [-0.2, -0.15) is 0 Å². The molecule has 9 heteroatoms. The molecule has 1 aromatic rings. The van der Waals surface area contributed by atoms with Gasteiger partial charge >= 0.3 is 0 Å². The second kappa shape index (κ2) is 6.43. The molecule has 1 saturated heterocycles. The van der Waals surface area contributed by atoms with Gasteiger partial charge in [0.05, 0.1) is 14.9 Å². The number of thiophene rings is 1. The van der Waals surface area contributed by atoms with Crippen molar-refractivity contribution in [2.45, 2.75) is 18.9 Å². The summed E-state index contributed by atoms with van der Waals surface area (Å²) in [6.07, 6.45) is 2.45. The van der Waals surface area contributed by atoms with Crippen molar-refractivity contribution < 1.29 is 13.2 Å². The van der Waals surface area contributed by atoms with Gasteiger partial charge in [0.15, 0.2) is 0 Å². The van der Waals surface area contributed by atoms with Gasteiger partial charge in [0.2, 0.25) is 10.0 Å². The summed E-state index contributed by atoms with van der Waals surface area (Å²) in [5.41, 5.74) is 0. The second-order valence-corrected chi connectivity index (χ2v) is 9.69. The maximum atomic E-state index is 12.3. The number of hydrogen-bond donors (Lipinski definition) is 1. The predicted octanol–water partition coefficient (Wildman–Crippen LogP) is 2.43. The number of rotatable bonds is 3. The number of sulfonamides is 1. The molecular formula is C11H14Br2N2O3S2. The van der Waals surface area contributed by atoms with Crippen molar-refractivity contribution in [3.05, 3.63) is 19.2 Å². The zero-order valence-electron chi connectivity index (χ0n) is 10.7. The molecule has 5 nitrogen and oxygen atoms in total. The van der Waals surface area contributed by atoms with Crippen molar-refractivity contribution in [2.24, 2.45) is 0 Å². The first-order valence-corrected chi connectivity index (χ1v) is 10.3. The summed E-state index contributed by atoms with van der Waals surface area (Å²) in [6.45, 7) is 1.14. The van der Waals surface area contributed by atoms with Crippen LogP contribution in [0.4, 0.5) is 0 Å². The van der Waals surface area contributed by atoms with Gasteiger partial charge in [0, 0.05) is 23.6 Å². The molecule has 1 aliphatic rings. The van der Waals surface area contributed by atoms with E-state index in [-0.39, 0.29) is 11.9 Å². The van der Waals surface area contributed by atoms with Crippen LogP contribution in [0.1, 0.15) is 22.5 Å². The van der Waals surface area contributed by atoms with Crippen LogP contribution < -0.4 is 4.72 Å². The van der Waals surface area contributed by atoms with E-state index in [0.29, 0.717) is 30.8 Å². The number of nitrogens with zero attached hydrogens (tertiary/aromatic N) is 1. The van der Waals surface area contributed by atoms with Crippen LogP contribution in [0, 0.1) is 0 Å². The zero-order valence-corrected chi connectivity index (χ0v) is 15.5. The fourth-order valence-corrected chi connectivity index (χ4v) is 4.96. The van der Waals surface area contributed by atoms with Crippen molar-refractivity contribution in [3.8, 4) is 0 Å². The quantitative estimate of drug-likeness (QED) is 0.776. The first-order valence-electron chi connectivity index (χ1n) is 5.97. The molecule has 0 radical (unpaired) electrons. The molecular weight excluding hydrogens is 432 g/mol. The Balaban J connectivity index is 1.95. The van der Waals surface area contributed by atoms with Crippen LogP contribution in [0.15, 0.2) is 14.3 Å². The van der Waals surface area contributed by atoms with Crippen LogP contribution in [0.2, 0.25) is 0 Å². The molecule has 1 aromatic heterocycles. The normalized spacial score (nSPS) is 17.4. The summed E-state index contributed by atoms with van der Waals surface area (Å²) in [7, 11) is -3.18. The fourth-order valence-electron chi connectivity index (χ4n) is 2.11. The number of carbonyl (C=O) groups excluding carboxylic acids is 1. The summed E-state index contributed by atoms with van der Waals surface area (Å²) in [6, 6.07) is 1.73. The van der Waals surface area contributed by atoms with E-state index in [2.05, 4.69) is 36.6 Å². The standard InChI is InChI=1S/C11H14Br2N2O3S2/c1-20(17,18)14-7-2-4-15(5-3-7)11(16)9-6-8(12)10(13)19-9/h6-7,14H,2-5H2,1H3. The number of nitrogens with one attached hydrogen (secondary N) is 1. The minimum absolute atomic E-state index is 0.000736. The molecule has 0 aliphatic carbocycles. The van der Waals surface area contributed by atoms with Crippen molar-refractivity contribution >= 4 is 59.1 Å². The van der Waals surface area contributed by atoms with Gasteiger partial charge in [-0.3, -0.25) is 4.79 Å². The Hall–Kier alpha value is 0.0400. The summed E-state index contributed by atoms with van der Waals surface area (Å²) >= 11 is 8.14. The van der Waals surface area contributed by atoms with E-state index in [1.165, 1.54) is 11.3 Å². The SMILES string of the molecule is CS(=O)(=O)NC1CCN(C(=O)c2cc(Br)c(Br)s2)CC1. The molecule has 1 fully saturated rings. The molecule has 0 atom stereocenters. The monoisotopic (exact) mass is 444 g/mol. The van der Waals surface area contributed by atoms with E-state index in [9.17, 15) is 13.2 Å². The number of halogens is 2. The third-order valence-electron chi connectivity index (χ3n) is 3.02. The third kappa shape index (κ3) is 4.27. The van der Waals surface area contributed by atoms with Gasteiger partial charge < -0.3 is 4.90 Å². The van der Waals surface area contributed by atoms with Crippen molar-refractivity contribution in [1.82, 2.24) is 9.62 Å². The highest BCUT2D eigenvalue weighted by molar-refractivity contribution is 9.13. The molecule has 2 rings (SSSR count). The Bertz CT molecular complexity index is 588. The van der Waals surface area contributed by atoms with Crippen LogP contribution in [-0.4, -0.2) is 44.6 Å². The number of hydrogen-bond acceptors (Lipinski definition) is 4. The summed E-state index contributed by atoms with van der Waals surface area (Å²) < 4.78 is 26.7. The first-order chi connectivity index (χ1) is 9.26. The molecule has 1 aliphatic heterocycles. The zero-order chi connectivity index (χ0) is 14.9. The molecule has 1 N–H and O–H groups in total. The van der Waals surface area contributed by atoms with E-state index in [4.69, 9.17) is 0 Å². The summed E-state index contributed by atoms with van der Waals surface area (Å²) in [5.74, 6) is -0.000736. The highest BCUT2D eigenvalue weighted by Crippen LogP contribution is 2.33. The minimum atomic E-state index is -3.18. The fraction of sp³-hybridized carbons (Fsp3) is 0.545. The van der Waals surface area contributed by atoms with Crippen LogP contribution in [-0.2, 0) is 10.0 Å². The van der Waals surface area contributed by atoms with E-state index in [0.717, 1.165) is 14.5 Å². The van der Waals surface area contributed by atoms with Crippen LogP contribution in [0.3, 0.4) is 0 Å². The predicted molar refractivity (Wildman–Crippen MR) is 86.6 cm³/mol. The number of likely N-dealkylation sites (tertiary alicyclic amines) is 1. The largest absolute Gasteiger partial charge is 0.338 e. The van der Waals surface area contributed by atoms with Crippen molar-refractivity contribution in [1.29, 1.82) is 0 Å². The number of carbonyl (C=O) groups is 1. The molecule has 112 valence electrons. The van der Waals surface area contributed by atoms with E-state index < -0.39 is 10.0 Å². The lowest BCUT2D eigenvalue weighted by Gasteiger charge is -2.31. The summed E-state index contributed by atoms with van der Waals surface area (Å²) in [4.78, 5) is 14.8. The van der Waals surface area contributed by atoms with Gasteiger partial charge in [0.25, 0.3) is 5.91 Å². The molecule has 0 spiro atoms. The lowest BCUT2D eigenvalue weighted by molar-refractivity contribution is 0.0716. The van der Waals surface area contributed by atoms with Gasteiger partial charge in [-0.25, -0.2) is 13.1 Å². The molecule has 0 bridgehead atoms. The van der Waals surface area contributed by atoms with Crippen molar-refractivity contribution in [3.63, 3.8) is 0 Å². The van der Waals surface area contributed by atoms with Gasteiger partial charge in [-0.05, 0) is 50.8 Å². The van der Waals surface area contributed by atoms with E-state index in [1.807, 2.05) is 0 Å². The Morgan fingerprint density at radius 2 is 2.00 bits per heavy atom. The van der Waals surface area contributed by atoms with Gasteiger partial charge in [-0.1, -0.05) is 0 Å². The van der Waals surface area contributed by atoms with Crippen LogP contribution >= 0.6 is 43.2 Å². The lowest BCUT2D eigenvalue weighted by atomic mass is 10.1. The van der Waals surface area contributed by atoms with Crippen LogP contribution in [0.25, 0.3) is 0 Å². The molecule has 0 aromatic carbocycles. The number of piperidine rings is 1. The van der Waals surface area contributed by atoms with Gasteiger partial charge in [0.1, 0.15) is 0 Å². The molecule has 20 heavy (non-hydrogen) atoms. The van der Waals surface area contributed by atoms with E-state index in [1.54, 1.807) is 11.0 Å². The molecule has 0 saturated carbocycles. The molecule has 2 heterocycles. The number of amides is 1. The Morgan fingerprint density at radius 3 is 2.45 bits per heavy atom. The Kier molecular flexibility index (Phi) is 5.28. The first kappa shape index (κ1) is 16.4. The molecule has 1 amide bonds. The molecule has 0 unspecified atom stereocenters. The smallest absolute Gasteiger partial charge is 0.264 e. The van der Waals surface area contributed by atoms with Gasteiger partial charge in [-0.15, -0.1) is 11.3 Å². The lowest BCUT2D eigenvalue weighted by Crippen LogP contribution is -2.46. The third-order valence-corrected chi connectivity index (χ3v) is 7.02. The van der Waals surface area contributed by atoms with E-state index >= 15 is 0 Å². The Morgan fingerprint density at radius 1 is 1.40 bits per heavy atom. The average Bonchev–Trinajstić information content (AvgIpc) is 2.68. The minimum Gasteiger partial charge on any atom is -0.338 e. The maximum absolute atomic E-state index is 12.3. The second-order valence-electron chi connectivity index (χ2n) is 4.69. The summed E-state index contributed by atoms with van der Waals surface area (Å²) in [5, 5.41) is 0. The highest BCUT2D eigenvalue weighted by Gasteiger charge is 2.26. The Labute approximate surface area is 139 Å². The highest BCUT2D eigenvalue weighted by atomic mass is 79.9. The average molecular weight is 446 g/mol. The van der Waals surface area contributed by atoms with Crippen molar-refractivity contribution in [2.75, 3.05) is 19.3 Å². The maximum Gasteiger partial charge on any atom is 0.264 e. The van der Waals surface area contributed by atoms with Crippen LogP contribution in [0.5, 0.6) is 0 Å².